The molecule has 0 unspecified atom stereocenters. The number of rotatable bonds is 7. The lowest BCUT2D eigenvalue weighted by Crippen LogP contribution is -2.17. The van der Waals surface area contributed by atoms with Crippen molar-refractivity contribution in [3.8, 4) is 11.5 Å². The quantitative estimate of drug-likeness (QED) is 0.262. The van der Waals surface area contributed by atoms with E-state index in [1.807, 2.05) is 0 Å². The first-order valence-electron chi connectivity index (χ1n) is 9.82. The van der Waals surface area contributed by atoms with Crippen LogP contribution in [0.5, 0.6) is 11.5 Å². The van der Waals surface area contributed by atoms with Crippen LogP contribution in [0.15, 0.2) is 59.5 Å². The van der Waals surface area contributed by atoms with Gasteiger partial charge in [0.1, 0.15) is 40.7 Å². The number of halogens is 4. The van der Waals surface area contributed by atoms with E-state index in [-0.39, 0.29) is 40.3 Å². The second kappa shape index (κ2) is 10.7. The van der Waals surface area contributed by atoms with Gasteiger partial charge in [0.15, 0.2) is 0 Å². The van der Waals surface area contributed by atoms with Crippen molar-refractivity contribution in [2.24, 2.45) is 0 Å². The SMILES string of the molecule is O=C1NC(=S)S/C1=C\c1cc(OCc2c(F)cccc2Cl)ccc1OCc1c(F)cccc1Cl. The van der Waals surface area contributed by atoms with Crippen molar-refractivity contribution in [3.05, 3.63) is 97.9 Å². The van der Waals surface area contributed by atoms with Crippen LogP contribution in [0.25, 0.3) is 6.08 Å². The number of hydrogen-bond acceptors (Lipinski definition) is 5. The Morgan fingerprint density at radius 1 is 0.941 bits per heavy atom. The Kier molecular flexibility index (Phi) is 7.73. The van der Waals surface area contributed by atoms with Crippen LogP contribution in [0.1, 0.15) is 16.7 Å². The summed E-state index contributed by atoms with van der Waals surface area (Å²) in [5.41, 5.74) is 0.896. The number of carbonyl (C=O) groups excluding carboxylic acids is 1. The number of benzene rings is 3. The van der Waals surface area contributed by atoms with Gasteiger partial charge in [-0.05, 0) is 48.5 Å². The van der Waals surface area contributed by atoms with E-state index in [1.54, 1.807) is 36.4 Å². The zero-order chi connectivity index (χ0) is 24.2. The first-order chi connectivity index (χ1) is 16.3. The summed E-state index contributed by atoms with van der Waals surface area (Å²) in [6.07, 6.45) is 1.58. The van der Waals surface area contributed by atoms with Gasteiger partial charge in [-0.25, -0.2) is 8.78 Å². The van der Waals surface area contributed by atoms with Gasteiger partial charge in [0.05, 0.1) is 15.0 Å². The van der Waals surface area contributed by atoms with Crippen LogP contribution in [0, 0.1) is 11.6 Å². The molecule has 10 heteroatoms. The number of thiocarbonyl (C=S) groups is 1. The van der Waals surface area contributed by atoms with Crippen LogP contribution < -0.4 is 14.8 Å². The summed E-state index contributed by atoms with van der Waals surface area (Å²) < 4.78 is 40.1. The molecular formula is C24H15Cl2F2NO3S2. The van der Waals surface area contributed by atoms with Crippen molar-refractivity contribution < 1.29 is 23.0 Å². The van der Waals surface area contributed by atoms with Gasteiger partial charge in [-0.1, -0.05) is 59.3 Å². The number of amides is 1. The number of carbonyl (C=O) groups is 1. The van der Waals surface area contributed by atoms with Gasteiger partial charge >= 0.3 is 0 Å². The Hall–Kier alpha value is -2.65. The predicted octanol–water partition coefficient (Wildman–Crippen LogP) is 6.92. The molecule has 1 amide bonds. The molecule has 0 saturated carbocycles. The van der Waals surface area contributed by atoms with Crippen molar-refractivity contribution in [2.75, 3.05) is 0 Å². The zero-order valence-corrected chi connectivity index (χ0v) is 20.4. The molecule has 174 valence electrons. The van der Waals surface area contributed by atoms with Gasteiger partial charge < -0.3 is 14.8 Å². The molecule has 0 aromatic heterocycles. The third-order valence-corrected chi connectivity index (χ3v) is 6.66. The predicted molar refractivity (Wildman–Crippen MR) is 134 cm³/mol. The Balaban J connectivity index is 1.62. The van der Waals surface area contributed by atoms with Gasteiger partial charge in [-0.3, -0.25) is 4.79 Å². The Bertz CT molecular complexity index is 1280. The third-order valence-electron chi connectivity index (χ3n) is 4.79. The van der Waals surface area contributed by atoms with Gasteiger partial charge in [-0.2, -0.15) is 0 Å². The summed E-state index contributed by atoms with van der Waals surface area (Å²) in [7, 11) is 0. The molecule has 1 saturated heterocycles. The Labute approximate surface area is 213 Å². The number of nitrogens with one attached hydrogen (secondary N) is 1. The lowest BCUT2D eigenvalue weighted by Gasteiger charge is -2.14. The lowest BCUT2D eigenvalue weighted by atomic mass is 10.1. The van der Waals surface area contributed by atoms with Crippen molar-refractivity contribution in [1.29, 1.82) is 0 Å². The standard InChI is InChI=1S/C24H15Cl2F2NO3S2/c25-17-3-1-5-19(27)15(17)11-31-14-7-8-21(32-12-16-18(26)4-2-6-20(16)28)13(9-14)10-22-23(30)29-24(33)34-22/h1-10H,11-12H2,(H,29,30,33)/b22-10-. The average Bonchev–Trinajstić information content (AvgIpc) is 3.10. The maximum atomic E-state index is 14.2. The fourth-order valence-corrected chi connectivity index (χ4v) is 4.54. The fraction of sp³-hybridized carbons (Fsp3) is 0.0833. The van der Waals surface area contributed by atoms with Gasteiger partial charge in [0, 0.05) is 16.7 Å². The minimum absolute atomic E-state index is 0.105. The van der Waals surface area contributed by atoms with E-state index in [0.717, 1.165) is 11.8 Å². The molecule has 3 aromatic rings. The highest BCUT2D eigenvalue weighted by molar-refractivity contribution is 8.26. The third kappa shape index (κ3) is 5.70. The average molecular weight is 538 g/mol. The minimum atomic E-state index is -0.495. The first kappa shape index (κ1) is 24.5. The summed E-state index contributed by atoms with van der Waals surface area (Å²) in [5, 5.41) is 3.03. The van der Waals surface area contributed by atoms with E-state index in [9.17, 15) is 13.6 Å². The van der Waals surface area contributed by atoms with Gasteiger partial charge in [0.2, 0.25) is 0 Å². The Morgan fingerprint density at radius 3 is 2.12 bits per heavy atom. The van der Waals surface area contributed by atoms with Gasteiger partial charge in [0.25, 0.3) is 5.91 Å². The molecule has 0 aliphatic carbocycles. The second-order valence-corrected chi connectivity index (χ2v) is 9.56. The van der Waals surface area contributed by atoms with Crippen LogP contribution in [-0.2, 0) is 18.0 Å². The van der Waals surface area contributed by atoms with E-state index in [4.69, 9.17) is 44.9 Å². The summed E-state index contributed by atoms with van der Waals surface area (Å²) in [6.45, 7) is -0.240. The van der Waals surface area contributed by atoms with E-state index >= 15 is 0 Å². The molecule has 3 aromatic carbocycles. The van der Waals surface area contributed by atoms with Crippen LogP contribution in [0.4, 0.5) is 8.78 Å². The monoisotopic (exact) mass is 537 g/mol. The van der Waals surface area contributed by atoms with Crippen molar-refractivity contribution in [2.45, 2.75) is 13.2 Å². The van der Waals surface area contributed by atoms with E-state index in [1.165, 1.54) is 24.3 Å². The van der Waals surface area contributed by atoms with Crippen molar-refractivity contribution in [3.63, 3.8) is 0 Å². The van der Waals surface area contributed by atoms with E-state index in [0.29, 0.717) is 26.3 Å². The summed E-state index contributed by atoms with van der Waals surface area (Å²) in [4.78, 5) is 12.5. The molecule has 0 bridgehead atoms. The zero-order valence-electron chi connectivity index (χ0n) is 17.2. The molecule has 4 rings (SSSR count). The van der Waals surface area contributed by atoms with Crippen LogP contribution in [0.2, 0.25) is 10.0 Å². The number of thioether (sulfide) groups is 1. The summed E-state index contributed by atoms with van der Waals surface area (Å²) in [6, 6.07) is 13.6. The van der Waals surface area contributed by atoms with Gasteiger partial charge in [-0.15, -0.1) is 0 Å². The molecule has 1 N–H and O–H groups in total. The maximum Gasteiger partial charge on any atom is 0.263 e. The van der Waals surface area contributed by atoms with E-state index < -0.39 is 11.6 Å². The van der Waals surface area contributed by atoms with E-state index in [2.05, 4.69) is 5.32 Å². The molecule has 1 heterocycles. The molecule has 1 aliphatic heterocycles. The maximum absolute atomic E-state index is 14.2. The highest BCUT2D eigenvalue weighted by atomic mass is 35.5. The van der Waals surface area contributed by atoms with Crippen molar-refractivity contribution in [1.82, 2.24) is 5.32 Å². The smallest absolute Gasteiger partial charge is 0.263 e. The molecule has 1 aliphatic rings. The number of hydrogen-bond donors (Lipinski definition) is 1. The minimum Gasteiger partial charge on any atom is -0.489 e. The van der Waals surface area contributed by atoms with Crippen LogP contribution >= 0.6 is 47.2 Å². The summed E-state index contributed by atoms with van der Waals surface area (Å²) in [5.74, 6) is -0.584. The molecule has 0 radical (unpaired) electrons. The molecular weight excluding hydrogens is 523 g/mol. The van der Waals surface area contributed by atoms with Crippen LogP contribution in [0.3, 0.4) is 0 Å². The molecule has 0 spiro atoms. The fourth-order valence-electron chi connectivity index (χ4n) is 3.07. The second-order valence-electron chi connectivity index (χ2n) is 7.03. The number of ether oxygens (including phenoxy) is 2. The Morgan fingerprint density at radius 2 is 1.56 bits per heavy atom. The normalized spacial score (nSPS) is 14.4. The first-order valence-corrected chi connectivity index (χ1v) is 11.8. The molecule has 1 fully saturated rings. The molecule has 34 heavy (non-hydrogen) atoms. The molecule has 4 nitrogen and oxygen atoms in total. The van der Waals surface area contributed by atoms with Crippen LogP contribution in [-0.4, -0.2) is 10.2 Å². The highest BCUT2D eigenvalue weighted by Crippen LogP contribution is 2.33. The summed E-state index contributed by atoms with van der Waals surface area (Å²) >= 11 is 18.3. The van der Waals surface area contributed by atoms with Crippen molar-refractivity contribution >= 4 is 63.5 Å². The topological polar surface area (TPSA) is 47.6 Å². The molecule has 0 atom stereocenters. The highest BCUT2D eigenvalue weighted by Gasteiger charge is 2.23. The largest absolute Gasteiger partial charge is 0.489 e. The lowest BCUT2D eigenvalue weighted by molar-refractivity contribution is -0.115.